The molecule has 0 unspecified atom stereocenters. The first-order chi connectivity index (χ1) is 14.0. The van der Waals surface area contributed by atoms with Crippen LogP contribution in [0.5, 0.6) is 0 Å². The second-order valence-electron chi connectivity index (χ2n) is 6.86. The summed E-state index contributed by atoms with van der Waals surface area (Å²) in [6, 6.07) is 7.76. The molecule has 5 nitrogen and oxygen atoms in total. The fraction of sp³-hybridized carbons (Fsp3) is 0.286. The highest BCUT2D eigenvalue weighted by molar-refractivity contribution is 7.93. The summed E-state index contributed by atoms with van der Waals surface area (Å²) >= 11 is 6.20. The fourth-order valence-corrected chi connectivity index (χ4v) is 3.56. The standard InChI is InChI=1S/C21H23ClF2N2O3S/c1-4-19(14-7-5-6-8-16(14)22)26-20-12-17(23)15(11-18(20)24)21(27)25-13(2)9-10-30(3,28)29/h5-13,19,26H,4H2,1-3H3,(H,25,27)/b10-9+/t13-,19-/m1/s1. The molecule has 0 aliphatic carbocycles. The highest BCUT2D eigenvalue weighted by Crippen LogP contribution is 2.30. The molecule has 2 aromatic carbocycles. The maximum Gasteiger partial charge on any atom is 0.254 e. The Morgan fingerprint density at radius 2 is 1.87 bits per heavy atom. The van der Waals surface area contributed by atoms with E-state index in [2.05, 4.69) is 10.6 Å². The predicted octanol–water partition coefficient (Wildman–Crippen LogP) is 4.86. The summed E-state index contributed by atoms with van der Waals surface area (Å²) in [7, 11) is -3.36. The molecule has 162 valence electrons. The van der Waals surface area contributed by atoms with Crippen molar-refractivity contribution < 1.29 is 22.0 Å². The largest absolute Gasteiger partial charge is 0.376 e. The lowest BCUT2D eigenvalue weighted by molar-refractivity contribution is 0.0942. The molecule has 0 fully saturated rings. The van der Waals surface area contributed by atoms with Gasteiger partial charge in [0.05, 0.1) is 17.3 Å². The molecule has 1 amide bonds. The second kappa shape index (κ2) is 10.0. The molecule has 30 heavy (non-hydrogen) atoms. The molecule has 0 bridgehead atoms. The third-order valence-electron chi connectivity index (χ3n) is 4.29. The van der Waals surface area contributed by atoms with Crippen LogP contribution in [0.2, 0.25) is 5.02 Å². The van der Waals surface area contributed by atoms with Crippen molar-refractivity contribution >= 4 is 33.0 Å². The summed E-state index contributed by atoms with van der Waals surface area (Å²) in [5.41, 5.74) is 0.166. The van der Waals surface area contributed by atoms with E-state index in [-0.39, 0.29) is 11.7 Å². The van der Waals surface area contributed by atoms with Crippen LogP contribution in [0.15, 0.2) is 47.9 Å². The van der Waals surface area contributed by atoms with Crippen LogP contribution >= 0.6 is 11.6 Å². The first kappa shape index (κ1) is 23.8. The van der Waals surface area contributed by atoms with Crippen LogP contribution in [0.3, 0.4) is 0 Å². The van der Waals surface area contributed by atoms with Crippen LogP contribution in [0.1, 0.15) is 42.2 Å². The van der Waals surface area contributed by atoms with Crippen LogP contribution in [0.4, 0.5) is 14.5 Å². The fourth-order valence-electron chi connectivity index (χ4n) is 2.77. The monoisotopic (exact) mass is 456 g/mol. The minimum absolute atomic E-state index is 0.0964. The number of nitrogens with one attached hydrogen (secondary N) is 2. The number of rotatable bonds is 8. The molecule has 9 heteroatoms. The minimum Gasteiger partial charge on any atom is -0.376 e. The number of hydrogen-bond donors (Lipinski definition) is 2. The smallest absolute Gasteiger partial charge is 0.254 e. The van der Waals surface area contributed by atoms with Crippen LogP contribution in [0.25, 0.3) is 0 Å². The number of benzene rings is 2. The maximum atomic E-state index is 14.6. The maximum absolute atomic E-state index is 14.6. The van der Waals surface area contributed by atoms with Gasteiger partial charge in [0.15, 0.2) is 9.84 Å². The first-order valence-corrected chi connectivity index (χ1v) is 11.5. The first-order valence-electron chi connectivity index (χ1n) is 9.21. The summed E-state index contributed by atoms with van der Waals surface area (Å²) < 4.78 is 51.4. The lowest BCUT2D eigenvalue weighted by Crippen LogP contribution is -2.32. The van der Waals surface area contributed by atoms with E-state index in [9.17, 15) is 22.0 Å². The number of carbonyl (C=O) groups excluding carboxylic acids is 1. The number of amides is 1. The molecular weight excluding hydrogens is 434 g/mol. The van der Waals surface area contributed by atoms with Gasteiger partial charge in [-0.2, -0.15) is 0 Å². The van der Waals surface area contributed by atoms with Crippen LogP contribution in [0, 0.1) is 11.6 Å². The lowest BCUT2D eigenvalue weighted by Gasteiger charge is -2.21. The molecule has 0 aliphatic heterocycles. The van der Waals surface area contributed by atoms with Crippen LogP contribution in [-0.2, 0) is 9.84 Å². The van der Waals surface area contributed by atoms with Gasteiger partial charge < -0.3 is 10.6 Å². The summed E-state index contributed by atoms with van der Waals surface area (Å²) in [5.74, 6) is -2.57. The summed E-state index contributed by atoms with van der Waals surface area (Å²) in [4.78, 5) is 12.3. The van der Waals surface area contributed by atoms with E-state index in [1.807, 2.05) is 6.92 Å². The van der Waals surface area contributed by atoms with E-state index in [4.69, 9.17) is 11.6 Å². The van der Waals surface area contributed by atoms with Gasteiger partial charge in [-0.1, -0.05) is 42.8 Å². The van der Waals surface area contributed by atoms with E-state index in [1.54, 1.807) is 24.3 Å². The highest BCUT2D eigenvalue weighted by Gasteiger charge is 2.20. The highest BCUT2D eigenvalue weighted by atomic mass is 35.5. The minimum atomic E-state index is -3.36. The van der Waals surface area contributed by atoms with Gasteiger partial charge in [-0.3, -0.25) is 4.79 Å². The molecule has 0 heterocycles. The topological polar surface area (TPSA) is 75.3 Å². The van der Waals surface area contributed by atoms with Crippen molar-refractivity contribution in [3.8, 4) is 0 Å². The van der Waals surface area contributed by atoms with E-state index < -0.39 is 39.0 Å². The molecule has 2 atom stereocenters. The average molecular weight is 457 g/mol. The Morgan fingerprint density at radius 3 is 2.47 bits per heavy atom. The molecule has 0 saturated heterocycles. The Bertz CT molecular complexity index is 1060. The summed E-state index contributed by atoms with van der Waals surface area (Å²) in [6.07, 6.45) is 2.81. The van der Waals surface area contributed by atoms with E-state index in [1.165, 1.54) is 13.0 Å². The molecule has 2 aromatic rings. The lowest BCUT2D eigenvalue weighted by atomic mass is 10.0. The Labute approximate surface area is 180 Å². The van der Waals surface area contributed by atoms with Crippen molar-refractivity contribution in [2.45, 2.75) is 32.4 Å². The van der Waals surface area contributed by atoms with Gasteiger partial charge in [-0.15, -0.1) is 0 Å². The predicted molar refractivity (Wildman–Crippen MR) is 115 cm³/mol. The molecule has 0 aromatic heterocycles. The van der Waals surface area contributed by atoms with E-state index >= 15 is 0 Å². The summed E-state index contributed by atoms with van der Waals surface area (Å²) in [5, 5.41) is 6.77. The number of sulfone groups is 1. The van der Waals surface area contributed by atoms with Crippen LogP contribution in [-0.4, -0.2) is 26.6 Å². The Morgan fingerprint density at radius 1 is 1.20 bits per heavy atom. The summed E-state index contributed by atoms with van der Waals surface area (Å²) in [6.45, 7) is 3.39. The zero-order valence-electron chi connectivity index (χ0n) is 16.7. The Kier molecular flexibility index (Phi) is 7.97. The van der Waals surface area contributed by atoms with Gasteiger partial charge in [0.1, 0.15) is 11.6 Å². The van der Waals surface area contributed by atoms with Crippen molar-refractivity contribution in [1.29, 1.82) is 0 Å². The molecule has 2 rings (SSSR count). The van der Waals surface area contributed by atoms with Crippen molar-refractivity contribution in [3.05, 3.63) is 75.7 Å². The van der Waals surface area contributed by atoms with E-state index in [0.29, 0.717) is 11.4 Å². The number of hydrogen-bond acceptors (Lipinski definition) is 4. The van der Waals surface area contributed by atoms with Gasteiger partial charge in [-0.05, 0) is 31.0 Å². The van der Waals surface area contributed by atoms with Crippen molar-refractivity contribution in [3.63, 3.8) is 0 Å². The Balaban J connectivity index is 2.21. The average Bonchev–Trinajstić information content (AvgIpc) is 2.66. The van der Waals surface area contributed by atoms with Crippen molar-refractivity contribution in [2.24, 2.45) is 0 Å². The molecule has 0 radical (unpaired) electrons. The molecule has 0 spiro atoms. The molecule has 0 saturated carbocycles. The number of halogens is 3. The van der Waals surface area contributed by atoms with Gasteiger partial charge in [0.25, 0.3) is 5.91 Å². The molecule has 0 aliphatic rings. The van der Waals surface area contributed by atoms with Gasteiger partial charge in [-0.25, -0.2) is 17.2 Å². The Hall–Kier alpha value is -2.45. The van der Waals surface area contributed by atoms with E-state index in [0.717, 1.165) is 29.4 Å². The van der Waals surface area contributed by atoms with Crippen molar-refractivity contribution in [1.82, 2.24) is 5.32 Å². The molecule has 2 N–H and O–H groups in total. The zero-order valence-corrected chi connectivity index (χ0v) is 18.3. The quantitative estimate of drug-likeness (QED) is 0.595. The SMILES string of the molecule is CC[C@@H](Nc1cc(F)c(C(=O)N[C@H](C)/C=C/S(C)(=O)=O)cc1F)c1ccccc1Cl. The second-order valence-corrected chi connectivity index (χ2v) is 9.20. The van der Waals surface area contributed by atoms with Gasteiger partial charge in [0, 0.05) is 28.8 Å². The third kappa shape index (κ3) is 6.53. The molecular formula is C21H23ClF2N2O3S. The third-order valence-corrected chi connectivity index (χ3v) is 5.29. The zero-order chi connectivity index (χ0) is 22.5. The van der Waals surface area contributed by atoms with Crippen LogP contribution < -0.4 is 10.6 Å². The van der Waals surface area contributed by atoms with Crippen molar-refractivity contribution in [2.75, 3.05) is 11.6 Å². The number of anilines is 1. The number of carbonyl (C=O) groups is 1. The van der Waals surface area contributed by atoms with Gasteiger partial charge >= 0.3 is 0 Å². The normalized spacial score (nSPS) is 13.8. The van der Waals surface area contributed by atoms with Gasteiger partial charge in [0.2, 0.25) is 0 Å².